The maximum atomic E-state index is 8.74. The van der Waals surface area contributed by atoms with Crippen LogP contribution in [0.4, 0.5) is 0 Å². The molecule has 0 saturated heterocycles. The van der Waals surface area contributed by atoms with Crippen LogP contribution in [0.2, 0.25) is 0 Å². The molecule has 0 aliphatic heterocycles. The quantitative estimate of drug-likeness (QED) is 0.157. The van der Waals surface area contributed by atoms with E-state index in [0.29, 0.717) is 0 Å². The first-order valence-electron chi connectivity index (χ1n) is 3.26. The normalized spacial score (nSPS) is 5.45. The van der Waals surface area contributed by atoms with Gasteiger partial charge in [0, 0.05) is 0 Å². The molecule has 0 aromatic carbocycles. The van der Waals surface area contributed by atoms with Crippen LogP contribution in [0.1, 0.15) is 0 Å². The molecule has 0 aromatic rings. The van der Waals surface area contributed by atoms with Gasteiger partial charge in [0.05, 0.1) is 0 Å². The van der Waals surface area contributed by atoms with Gasteiger partial charge in [-0.25, -0.2) is 0 Å². The van der Waals surface area contributed by atoms with Crippen molar-refractivity contribution in [3.8, 4) is 0 Å². The summed E-state index contributed by atoms with van der Waals surface area (Å²) in [4.78, 5) is 71.6. The molecule has 0 aliphatic carbocycles. The van der Waals surface area contributed by atoms with E-state index in [1.807, 2.05) is 0 Å². The fraction of sp³-hybridized carbons (Fsp3) is 0. The Morgan fingerprint density at radius 1 is 0.318 bits per heavy atom. The van der Waals surface area contributed by atoms with Crippen LogP contribution in [0.25, 0.3) is 0 Å². The molecule has 0 unspecified atom stereocenters. The van der Waals surface area contributed by atoms with E-state index in [1.54, 1.807) is 0 Å². The molecule has 0 heterocycles. The fourth-order valence-electron chi connectivity index (χ4n) is 0. The molecule has 0 aromatic heterocycles. The Morgan fingerprint density at radius 3 is 0.318 bits per heavy atom. The van der Waals surface area contributed by atoms with Crippen LogP contribution in [0, 0.1) is 0 Å². The van der Waals surface area contributed by atoms with Gasteiger partial charge in [-0.15, -0.1) is 0 Å². The zero-order valence-corrected chi connectivity index (χ0v) is 14.0. The Bertz CT molecular complexity index is 211. The number of hydrogen-bond acceptors (Lipinski definition) is 5. The Morgan fingerprint density at radius 2 is 0.318 bits per heavy atom. The van der Waals surface area contributed by atoms with E-state index in [9.17, 15) is 0 Å². The van der Waals surface area contributed by atoms with Crippen LogP contribution in [-0.4, -0.2) is 153 Å². The summed E-state index contributed by atoms with van der Waals surface area (Å²) in [6, 6.07) is 0. The molecule has 0 atom stereocenters. The Hall–Kier alpha value is 0.0844. The summed E-state index contributed by atoms with van der Waals surface area (Å²) < 4.78 is 43.7. The van der Waals surface area contributed by atoms with Crippen LogP contribution in [0.15, 0.2) is 0 Å². The van der Waals surface area contributed by atoms with Crippen molar-refractivity contribution in [2.75, 3.05) is 0 Å². The molecule has 0 saturated carbocycles. The van der Waals surface area contributed by atoms with E-state index in [0.717, 1.165) is 0 Å². The predicted molar refractivity (Wildman–Crippen MR) is 68.7 cm³/mol. The number of hydrogen-bond donors (Lipinski definition) is 10. The first kappa shape index (κ1) is 43.1. The molecular formula is H12Na2O15Si5. The van der Waals surface area contributed by atoms with Gasteiger partial charge in [0.15, 0.2) is 0 Å². The van der Waals surface area contributed by atoms with Crippen molar-refractivity contribution in [2.24, 2.45) is 0 Å². The summed E-state index contributed by atoms with van der Waals surface area (Å²) >= 11 is 0. The molecular weight excluding hydrogens is 426 g/mol. The van der Waals surface area contributed by atoms with Crippen molar-refractivity contribution in [3.63, 3.8) is 0 Å². The summed E-state index contributed by atoms with van der Waals surface area (Å²) in [5.41, 5.74) is 0. The zero-order valence-electron chi connectivity index (χ0n) is 9.01. The van der Waals surface area contributed by atoms with E-state index in [1.165, 1.54) is 0 Å². The van der Waals surface area contributed by atoms with Gasteiger partial charge in [0.25, 0.3) is 0 Å². The van der Waals surface area contributed by atoms with Gasteiger partial charge in [-0.2, -0.15) is 0 Å². The molecule has 22 heavy (non-hydrogen) atoms. The third-order valence-electron chi connectivity index (χ3n) is 0. The van der Waals surface area contributed by atoms with E-state index in [2.05, 4.69) is 0 Å². The van der Waals surface area contributed by atoms with Crippen molar-refractivity contribution < 1.29 is 70.3 Å². The maximum absolute atomic E-state index is 8.74. The molecule has 0 rings (SSSR count). The van der Waals surface area contributed by atoms with E-state index in [-0.39, 0.29) is 59.1 Å². The molecule has 0 bridgehead atoms. The van der Waals surface area contributed by atoms with Gasteiger partial charge >= 0.3 is 105 Å². The summed E-state index contributed by atoms with van der Waals surface area (Å²) in [5.74, 6) is 0. The second kappa shape index (κ2) is 37.4. The molecule has 0 spiro atoms. The molecule has 15 nitrogen and oxygen atoms in total. The minimum atomic E-state index is -3.13. The van der Waals surface area contributed by atoms with Crippen molar-refractivity contribution in [1.29, 1.82) is 0 Å². The summed E-state index contributed by atoms with van der Waals surface area (Å²) in [6.45, 7) is 0. The third-order valence-corrected chi connectivity index (χ3v) is 0. The van der Waals surface area contributed by atoms with E-state index >= 15 is 0 Å². The second-order valence-electron chi connectivity index (χ2n) is 1.41. The van der Waals surface area contributed by atoms with Crippen molar-refractivity contribution in [2.45, 2.75) is 0 Å². The fourth-order valence-corrected chi connectivity index (χ4v) is 0. The van der Waals surface area contributed by atoms with Gasteiger partial charge < -0.3 is 48.0 Å². The average Bonchev–Trinajstić information content (AvgIpc) is 1.94. The van der Waals surface area contributed by atoms with Gasteiger partial charge in [-0.3, -0.25) is 22.3 Å². The Labute approximate surface area is 173 Å². The molecule has 124 valence electrons. The third kappa shape index (κ3) is 1030000. The minimum absolute atomic E-state index is 0. The molecule has 10 N–H and O–H groups in total. The van der Waals surface area contributed by atoms with Gasteiger partial charge in [0.2, 0.25) is 0 Å². The SMILES string of the molecule is O=[Si](O)O.O=[Si](O)O.O=[Si](O)O.O=[Si](O)O.O=[Si](O)O.[NaH].[NaH]. The molecule has 0 amide bonds. The van der Waals surface area contributed by atoms with Crippen molar-refractivity contribution in [1.82, 2.24) is 0 Å². The van der Waals surface area contributed by atoms with Gasteiger partial charge in [-0.1, -0.05) is 0 Å². The Kier molecular flexibility index (Phi) is 73.3. The standard InChI is InChI=1S/2Na.5H2O3Si.2H/c;;5*1-4(2)3;;/h;;5*1-2H;;. The predicted octanol–water partition coefficient (Wildman–Crippen LogP) is -9.36. The van der Waals surface area contributed by atoms with Crippen LogP contribution in [0.3, 0.4) is 0 Å². The summed E-state index contributed by atoms with van der Waals surface area (Å²) in [7, 11) is -15.6. The monoisotopic (exact) mass is 438 g/mol. The zero-order chi connectivity index (χ0) is 17.9. The molecule has 0 radical (unpaired) electrons. The summed E-state index contributed by atoms with van der Waals surface area (Å²) in [5, 5.41) is 0. The van der Waals surface area contributed by atoms with E-state index < -0.39 is 45.9 Å². The topological polar surface area (TPSA) is 288 Å². The summed E-state index contributed by atoms with van der Waals surface area (Å²) in [6.07, 6.45) is 0. The Balaban J connectivity index is -0.0000000250. The van der Waals surface area contributed by atoms with Crippen LogP contribution in [0.5, 0.6) is 0 Å². The van der Waals surface area contributed by atoms with Crippen LogP contribution in [-0.2, 0) is 22.3 Å². The molecule has 0 fully saturated rings. The molecule has 22 heteroatoms. The van der Waals surface area contributed by atoms with Crippen molar-refractivity contribution >= 4 is 105 Å². The second-order valence-corrected chi connectivity index (χ2v) is 4.24. The number of rotatable bonds is 0. The average molecular weight is 438 g/mol. The van der Waals surface area contributed by atoms with Gasteiger partial charge in [0.1, 0.15) is 0 Å². The van der Waals surface area contributed by atoms with Crippen LogP contribution >= 0.6 is 0 Å². The van der Waals surface area contributed by atoms with Crippen LogP contribution < -0.4 is 0 Å². The first-order chi connectivity index (χ1) is 8.66. The van der Waals surface area contributed by atoms with Crippen molar-refractivity contribution in [3.05, 3.63) is 0 Å². The van der Waals surface area contributed by atoms with Gasteiger partial charge in [-0.05, 0) is 0 Å². The molecule has 0 aliphatic rings. The first-order valence-corrected chi connectivity index (χ1v) is 9.77. The van der Waals surface area contributed by atoms with E-state index in [4.69, 9.17) is 70.3 Å².